The Bertz CT molecular complexity index is 120. The molecule has 1 heterocycles. The molecule has 0 saturated carbocycles. The molecule has 2 nitrogen and oxygen atoms in total. The van der Waals surface area contributed by atoms with Crippen molar-refractivity contribution in [2.75, 3.05) is 13.6 Å². The van der Waals surface area contributed by atoms with E-state index in [1.54, 1.807) is 0 Å². The minimum Gasteiger partial charge on any atom is -0.349 e. The van der Waals surface area contributed by atoms with Gasteiger partial charge in [-0.25, -0.2) is 0 Å². The highest BCUT2D eigenvalue weighted by Gasteiger charge is 2.08. The Morgan fingerprint density at radius 3 is 2.70 bits per heavy atom. The van der Waals surface area contributed by atoms with Crippen molar-refractivity contribution in [3.05, 3.63) is 19.1 Å². The molecule has 0 atom stereocenters. The molecule has 0 aromatic carbocycles. The van der Waals surface area contributed by atoms with Crippen molar-refractivity contribution in [2.45, 2.75) is 19.8 Å². The molecule has 1 rings (SSSR count). The van der Waals surface area contributed by atoms with Crippen LogP contribution in [-0.2, 0) is 0 Å². The predicted molar refractivity (Wildman–Crippen MR) is 41.8 cm³/mol. The fraction of sp³-hybridized carbons (Fsp3) is 0.625. The number of nitrogens with zero attached hydrogens (tertiary/aromatic N) is 2. The second-order valence-electron chi connectivity index (χ2n) is 2.56. The molecule has 0 fully saturated rings. The van der Waals surface area contributed by atoms with Crippen LogP contribution in [0, 0.1) is 6.67 Å². The predicted octanol–water partition coefficient (Wildman–Crippen LogP) is 1.50. The summed E-state index contributed by atoms with van der Waals surface area (Å²) in [7, 11) is 1.99. The second-order valence-corrected chi connectivity index (χ2v) is 2.56. The van der Waals surface area contributed by atoms with E-state index < -0.39 is 0 Å². The molecule has 0 bridgehead atoms. The number of hydrogen-bond acceptors (Lipinski definition) is 2. The van der Waals surface area contributed by atoms with E-state index in [4.69, 9.17) is 0 Å². The van der Waals surface area contributed by atoms with Crippen molar-refractivity contribution >= 4 is 0 Å². The van der Waals surface area contributed by atoms with E-state index in [0.29, 0.717) is 0 Å². The lowest BCUT2D eigenvalue weighted by Gasteiger charge is -2.14. The molecule has 0 spiro atoms. The van der Waals surface area contributed by atoms with E-state index in [1.165, 1.54) is 12.8 Å². The van der Waals surface area contributed by atoms with Crippen molar-refractivity contribution in [1.29, 1.82) is 0 Å². The molecule has 0 N–H and O–H groups in total. The molecule has 56 valence electrons. The highest BCUT2D eigenvalue weighted by Crippen LogP contribution is 2.08. The highest BCUT2D eigenvalue weighted by atomic mass is 15.3. The van der Waals surface area contributed by atoms with E-state index in [9.17, 15) is 0 Å². The zero-order chi connectivity index (χ0) is 7.40. The molecular weight excluding hydrogens is 124 g/mol. The van der Waals surface area contributed by atoms with Crippen molar-refractivity contribution in [3.8, 4) is 0 Å². The van der Waals surface area contributed by atoms with E-state index in [-0.39, 0.29) is 0 Å². The van der Waals surface area contributed by atoms with Crippen LogP contribution >= 0.6 is 0 Å². The molecule has 0 aliphatic carbocycles. The summed E-state index contributed by atoms with van der Waals surface area (Å²) in [6.45, 7) is 6.44. The molecule has 1 aliphatic rings. The lowest BCUT2D eigenvalue weighted by Crippen LogP contribution is -2.17. The fourth-order valence-electron chi connectivity index (χ4n) is 0.903. The van der Waals surface area contributed by atoms with Gasteiger partial charge in [0.25, 0.3) is 0 Å². The fourth-order valence-corrected chi connectivity index (χ4v) is 0.903. The van der Waals surface area contributed by atoms with Crippen LogP contribution in [0.1, 0.15) is 19.8 Å². The molecular formula is C8H14N2. The Morgan fingerprint density at radius 1 is 1.40 bits per heavy atom. The monoisotopic (exact) mass is 138 g/mol. The van der Waals surface area contributed by atoms with Crippen molar-refractivity contribution in [2.24, 2.45) is 0 Å². The normalized spacial score (nSPS) is 17.0. The molecule has 1 aliphatic heterocycles. The quantitative estimate of drug-likeness (QED) is 0.583. The van der Waals surface area contributed by atoms with Gasteiger partial charge in [-0.05, 0) is 6.42 Å². The molecule has 0 aromatic heterocycles. The van der Waals surface area contributed by atoms with Gasteiger partial charge in [0.1, 0.15) is 0 Å². The van der Waals surface area contributed by atoms with Gasteiger partial charge in [0.15, 0.2) is 0 Å². The first-order valence-electron chi connectivity index (χ1n) is 3.77. The molecule has 2 heteroatoms. The molecule has 0 amide bonds. The Balaban J connectivity index is 2.14. The topological polar surface area (TPSA) is 6.48 Å². The summed E-state index contributed by atoms with van der Waals surface area (Å²) in [4.78, 5) is 4.03. The zero-order valence-electron chi connectivity index (χ0n) is 6.67. The van der Waals surface area contributed by atoms with Crippen LogP contribution in [0.25, 0.3) is 0 Å². The molecule has 2 radical (unpaired) electrons. The van der Waals surface area contributed by atoms with Crippen LogP contribution in [0.2, 0.25) is 0 Å². The minimum absolute atomic E-state index is 1.09. The van der Waals surface area contributed by atoms with Gasteiger partial charge in [-0.3, -0.25) is 0 Å². The van der Waals surface area contributed by atoms with E-state index in [0.717, 1.165) is 6.54 Å². The van der Waals surface area contributed by atoms with Crippen LogP contribution in [0.4, 0.5) is 0 Å². The Morgan fingerprint density at radius 2 is 2.20 bits per heavy atom. The Labute approximate surface area is 63.1 Å². The SMILES string of the molecule is CCCCN1[C]N(C)C=C1. The van der Waals surface area contributed by atoms with Gasteiger partial charge in [0.05, 0.1) is 0 Å². The van der Waals surface area contributed by atoms with Gasteiger partial charge < -0.3 is 9.80 Å². The van der Waals surface area contributed by atoms with Crippen molar-refractivity contribution < 1.29 is 0 Å². The zero-order valence-corrected chi connectivity index (χ0v) is 6.67. The number of rotatable bonds is 3. The third-order valence-corrected chi connectivity index (χ3v) is 1.51. The van der Waals surface area contributed by atoms with E-state index >= 15 is 0 Å². The molecule has 10 heavy (non-hydrogen) atoms. The summed E-state index contributed by atoms with van der Waals surface area (Å²) in [5.41, 5.74) is 0. The van der Waals surface area contributed by atoms with Gasteiger partial charge in [0, 0.05) is 26.0 Å². The smallest absolute Gasteiger partial charge is 0.207 e. The summed E-state index contributed by atoms with van der Waals surface area (Å²) in [5.74, 6) is 0. The lowest BCUT2D eigenvalue weighted by atomic mass is 10.3. The molecule has 0 aromatic rings. The third kappa shape index (κ3) is 1.94. The van der Waals surface area contributed by atoms with Gasteiger partial charge in [-0.1, -0.05) is 13.3 Å². The highest BCUT2D eigenvalue weighted by molar-refractivity contribution is 4.94. The first-order valence-corrected chi connectivity index (χ1v) is 3.77. The summed E-state index contributed by atoms with van der Waals surface area (Å²) >= 11 is 0. The largest absolute Gasteiger partial charge is 0.349 e. The van der Waals surface area contributed by atoms with Crippen LogP contribution in [0.3, 0.4) is 0 Å². The van der Waals surface area contributed by atoms with Crippen LogP contribution in [0.15, 0.2) is 12.4 Å². The second kappa shape index (κ2) is 3.49. The van der Waals surface area contributed by atoms with Crippen LogP contribution in [-0.4, -0.2) is 23.4 Å². The summed E-state index contributed by atoms with van der Waals surface area (Å²) in [5, 5.41) is 0. The average Bonchev–Trinajstić information content (AvgIpc) is 2.31. The maximum atomic E-state index is 3.14. The summed E-state index contributed by atoms with van der Waals surface area (Å²) in [6, 6.07) is 0. The number of unbranched alkanes of at least 4 members (excludes halogenated alkanes) is 1. The van der Waals surface area contributed by atoms with E-state index in [1.807, 2.05) is 18.1 Å². The Kier molecular flexibility index (Phi) is 2.60. The van der Waals surface area contributed by atoms with Gasteiger partial charge in [-0.2, -0.15) is 0 Å². The summed E-state index contributed by atoms with van der Waals surface area (Å²) in [6.07, 6.45) is 6.55. The Hall–Kier alpha value is -0.660. The first kappa shape index (κ1) is 7.45. The first-order chi connectivity index (χ1) is 4.83. The minimum atomic E-state index is 1.09. The van der Waals surface area contributed by atoms with Crippen LogP contribution < -0.4 is 0 Å². The molecule has 0 saturated heterocycles. The van der Waals surface area contributed by atoms with Gasteiger partial charge >= 0.3 is 0 Å². The van der Waals surface area contributed by atoms with Gasteiger partial charge in [0.2, 0.25) is 6.67 Å². The van der Waals surface area contributed by atoms with E-state index in [2.05, 4.69) is 24.7 Å². The third-order valence-electron chi connectivity index (χ3n) is 1.51. The molecule has 0 unspecified atom stereocenters. The van der Waals surface area contributed by atoms with Crippen molar-refractivity contribution in [3.63, 3.8) is 0 Å². The standard InChI is InChI=1S/C8H14N2/c1-3-4-5-10-7-6-9(2)8-10/h6-7H,3-5H2,1-2H3. The maximum Gasteiger partial charge on any atom is 0.207 e. The number of hydrogen-bond donors (Lipinski definition) is 0. The lowest BCUT2D eigenvalue weighted by molar-refractivity contribution is 0.373. The van der Waals surface area contributed by atoms with Gasteiger partial charge in [-0.15, -0.1) is 0 Å². The summed E-state index contributed by atoms with van der Waals surface area (Å²) < 4.78 is 0. The van der Waals surface area contributed by atoms with Crippen LogP contribution in [0.5, 0.6) is 0 Å². The maximum absolute atomic E-state index is 3.14. The van der Waals surface area contributed by atoms with Crippen molar-refractivity contribution in [1.82, 2.24) is 9.80 Å². The average molecular weight is 138 g/mol.